The Hall–Kier alpha value is -3.29. The number of hydrogen-bond donors (Lipinski definition) is 3. The number of amides is 1. The third-order valence-electron chi connectivity index (χ3n) is 4.02. The molecule has 0 aliphatic rings. The zero-order valence-electron chi connectivity index (χ0n) is 15.4. The lowest BCUT2D eigenvalue weighted by molar-refractivity contribution is 0.0940. The number of rotatable bonds is 6. The van der Waals surface area contributed by atoms with Gasteiger partial charge in [0.15, 0.2) is 17.5 Å². The van der Waals surface area contributed by atoms with Crippen molar-refractivity contribution in [3.8, 4) is 11.4 Å². The lowest BCUT2D eigenvalue weighted by Crippen LogP contribution is -2.34. The molecular weight excluding hydrogens is 347 g/mol. The average Bonchev–Trinajstić information content (AvgIpc) is 3.06. The fourth-order valence-electron chi connectivity index (χ4n) is 2.73. The third kappa shape index (κ3) is 4.46. The summed E-state index contributed by atoms with van der Waals surface area (Å²) in [7, 11) is 1.58. The van der Waals surface area contributed by atoms with Crippen LogP contribution in [-0.4, -0.2) is 39.2 Å². The minimum atomic E-state index is -0.530. The molecular formula is C19H21FN6O. The second-order valence-corrected chi connectivity index (χ2v) is 6.34. The smallest absolute Gasteiger partial charge is 0.251 e. The topological polar surface area (TPSA) is 95.6 Å². The van der Waals surface area contributed by atoms with Crippen molar-refractivity contribution < 1.29 is 9.18 Å². The van der Waals surface area contributed by atoms with Gasteiger partial charge in [0.1, 0.15) is 0 Å². The first-order valence-electron chi connectivity index (χ1n) is 8.58. The second kappa shape index (κ2) is 7.94. The molecule has 1 amide bonds. The van der Waals surface area contributed by atoms with Crippen molar-refractivity contribution in [3.05, 3.63) is 59.3 Å². The Morgan fingerprint density at radius 2 is 2.15 bits per heavy atom. The highest BCUT2D eigenvalue weighted by atomic mass is 19.1. The molecule has 0 spiro atoms. The van der Waals surface area contributed by atoms with Crippen LogP contribution in [0.3, 0.4) is 0 Å². The van der Waals surface area contributed by atoms with E-state index >= 15 is 0 Å². The summed E-state index contributed by atoms with van der Waals surface area (Å²) in [4.78, 5) is 20.7. The zero-order chi connectivity index (χ0) is 19.4. The number of carbonyl (C=O) groups excluding carboxylic acids is 1. The van der Waals surface area contributed by atoms with Gasteiger partial charge in [-0.25, -0.2) is 14.4 Å². The van der Waals surface area contributed by atoms with Gasteiger partial charge in [-0.2, -0.15) is 5.10 Å². The molecule has 0 bridgehead atoms. The summed E-state index contributed by atoms with van der Waals surface area (Å²) in [6, 6.07) is 8.80. The van der Waals surface area contributed by atoms with E-state index in [9.17, 15) is 9.18 Å². The van der Waals surface area contributed by atoms with E-state index in [0.717, 1.165) is 17.6 Å². The fourth-order valence-corrected chi connectivity index (χ4v) is 2.73. The van der Waals surface area contributed by atoms with Gasteiger partial charge in [-0.1, -0.05) is 12.1 Å². The molecule has 140 valence electrons. The van der Waals surface area contributed by atoms with Gasteiger partial charge in [-0.05, 0) is 32.0 Å². The van der Waals surface area contributed by atoms with Crippen LogP contribution in [0.4, 0.5) is 10.2 Å². The van der Waals surface area contributed by atoms with Crippen molar-refractivity contribution in [2.45, 2.75) is 26.3 Å². The van der Waals surface area contributed by atoms with Gasteiger partial charge in [0.05, 0.1) is 11.9 Å². The summed E-state index contributed by atoms with van der Waals surface area (Å²) in [5.74, 6) is -0.279. The fraction of sp³-hybridized carbons (Fsp3) is 0.263. The van der Waals surface area contributed by atoms with Crippen molar-refractivity contribution in [2.24, 2.45) is 0 Å². The predicted octanol–water partition coefficient (Wildman–Crippen LogP) is 2.72. The van der Waals surface area contributed by atoms with E-state index in [1.807, 2.05) is 19.9 Å². The van der Waals surface area contributed by atoms with Crippen molar-refractivity contribution >= 4 is 11.7 Å². The van der Waals surface area contributed by atoms with Gasteiger partial charge in [0.25, 0.3) is 5.91 Å². The van der Waals surface area contributed by atoms with Crippen LogP contribution in [0.5, 0.6) is 0 Å². The predicted molar refractivity (Wildman–Crippen MR) is 101 cm³/mol. The van der Waals surface area contributed by atoms with E-state index in [-0.39, 0.29) is 17.8 Å². The van der Waals surface area contributed by atoms with Crippen LogP contribution in [0.2, 0.25) is 0 Å². The Morgan fingerprint density at radius 3 is 2.85 bits per heavy atom. The number of aromatic amines is 1. The molecule has 3 rings (SSSR count). The first-order chi connectivity index (χ1) is 13.0. The molecule has 0 aliphatic carbocycles. The molecule has 0 fully saturated rings. The highest BCUT2D eigenvalue weighted by molar-refractivity contribution is 5.95. The number of carbonyl (C=O) groups is 1. The van der Waals surface area contributed by atoms with Gasteiger partial charge in [-0.15, -0.1) is 0 Å². The van der Waals surface area contributed by atoms with E-state index < -0.39 is 5.82 Å². The molecule has 3 N–H and O–H groups in total. The minimum Gasteiger partial charge on any atom is -0.371 e. The number of nitrogens with one attached hydrogen (secondary N) is 3. The SMILES string of the molecule is CNc1nc(-c2cccc(C(=O)NC(C)Cc3cc(C)[nH]n3)c2)ncc1F. The van der Waals surface area contributed by atoms with Crippen molar-refractivity contribution in [2.75, 3.05) is 12.4 Å². The highest BCUT2D eigenvalue weighted by Crippen LogP contribution is 2.19. The van der Waals surface area contributed by atoms with Gasteiger partial charge in [0.2, 0.25) is 0 Å². The van der Waals surface area contributed by atoms with E-state index in [1.165, 1.54) is 0 Å². The quantitative estimate of drug-likeness (QED) is 0.622. The first kappa shape index (κ1) is 18.5. The number of aromatic nitrogens is 4. The molecule has 8 heteroatoms. The summed E-state index contributed by atoms with van der Waals surface area (Å²) >= 11 is 0. The molecule has 3 aromatic rings. The van der Waals surface area contributed by atoms with Crippen LogP contribution >= 0.6 is 0 Å². The molecule has 1 atom stereocenters. The largest absolute Gasteiger partial charge is 0.371 e. The molecule has 1 aromatic carbocycles. The summed E-state index contributed by atoms with van der Waals surface area (Å²) in [5.41, 5.74) is 3.00. The molecule has 0 saturated carbocycles. The van der Waals surface area contributed by atoms with E-state index in [4.69, 9.17) is 0 Å². The highest BCUT2D eigenvalue weighted by Gasteiger charge is 2.14. The molecule has 27 heavy (non-hydrogen) atoms. The van der Waals surface area contributed by atoms with Crippen molar-refractivity contribution in [1.82, 2.24) is 25.5 Å². The summed E-state index contributed by atoms with van der Waals surface area (Å²) in [6.45, 7) is 3.86. The second-order valence-electron chi connectivity index (χ2n) is 6.34. The number of nitrogens with zero attached hydrogens (tertiary/aromatic N) is 3. The molecule has 0 radical (unpaired) electrons. The number of halogens is 1. The Kier molecular flexibility index (Phi) is 5.44. The van der Waals surface area contributed by atoms with E-state index in [1.54, 1.807) is 31.3 Å². The molecule has 0 aliphatic heterocycles. The molecule has 2 heterocycles. The average molecular weight is 368 g/mol. The number of anilines is 1. The van der Waals surface area contributed by atoms with Crippen molar-refractivity contribution in [1.29, 1.82) is 0 Å². The van der Waals surface area contributed by atoms with Crippen LogP contribution in [0, 0.1) is 12.7 Å². The first-order valence-corrected chi connectivity index (χ1v) is 8.58. The standard InChI is InChI=1S/C19H21FN6O/c1-11(7-15-8-12(2)25-26-15)23-19(27)14-6-4-5-13(9-14)17-22-10-16(20)18(21-3)24-17/h4-6,8-11H,7H2,1-3H3,(H,23,27)(H,25,26)(H,21,22,24). The van der Waals surface area contributed by atoms with Gasteiger partial charge < -0.3 is 10.6 Å². The number of H-pyrrole nitrogens is 1. The van der Waals surface area contributed by atoms with Gasteiger partial charge in [-0.3, -0.25) is 9.89 Å². The van der Waals surface area contributed by atoms with Gasteiger partial charge >= 0.3 is 0 Å². The molecule has 0 saturated heterocycles. The minimum absolute atomic E-state index is 0.0816. The summed E-state index contributed by atoms with van der Waals surface area (Å²) in [6.07, 6.45) is 1.73. The van der Waals surface area contributed by atoms with E-state index in [2.05, 4.69) is 30.8 Å². The van der Waals surface area contributed by atoms with Crippen LogP contribution in [-0.2, 0) is 6.42 Å². The van der Waals surface area contributed by atoms with Crippen LogP contribution < -0.4 is 10.6 Å². The maximum absolute atomic E-state index is 13.6. The van der Waals surface area contributed by atoms with E-state index in [0.29, 0.717) is 23.4 Å². The van der Waals surface area contributed by atoms with Crippen LogP contribution in [0.15, 0.2) is 36.5 Å². The summed E-state index contributed by atoms with van der Waals surface area (Å²) < 4.78 is 13.6. The van der Waals surface area contributed by atoms with Crippen LogP contribution in [0.1, 0.15) is 28.7 Å². The summed E-state index contributed by atoms with van der Waals surface area (Å²) in [5, 5.41) is 12.7. The maximum atomic E-state index is 13.6. The molecule has 2 aromatic heterocycles. The molecule has 1 unspecified atom stereocenters. The Bertz CT molecular complexity index is 955. The lowest BCUT2D eigenvalue weighted by Gasteiger charge is -2.13. The third-order valence-corrected chi connectivity index (χ3v) is 4.02. The normalized spacial score (nSPS) is 11.9. The number of benzene rings is 1. The Labute approximate surface area is 156 Å². The Morgan fingerprint density at radius 1 is 1.33 bits per heavy atom. The lowest BCUT2D eigenvalue weighted by atomic mass is 10.1. The van der Waals surface area contributed by atoms with Gasteiger partial charge in [0, 0.05) is 36.3 Å². The monoisotopic (exact) mass is 368 g/mol. The molecule has 7 nitrogen and oxygen atoms in total. The van der Waals surface area contributed by atoms with Crippen LogP contribution in [0.25, 0.3) is 11.4 Å². The van der Waals surface area contributed by atoms with Crippen molar-refractivity contribution in [3.63, 3.8) is 0 Å². The number of aryl methyl sites for hydroxylation is 1. The maximum Gasteiger partial charge on any atom is 0.251 e. The zero-order valence-corrected chi connectivity index (χ0v) is 15.4. The number of hydrogen-bond acceptors (Lipinski definition) is 5. The Balaban J connectivity index is 1.73.